The van der Waals surface area contributed by atoms with Crippen molar-refractivity contribution in [3.8, 4) is 0 Å². The monoisotopic (exact) mass is 287 g/mol. The van der Waals surface area contributed by atoms with E-state index in [1.54, 1.807) is 0 Å². The number of hydrogen-bond acceptors (Lipinski definition) is 2. The average molecular weight is 287 g/mol. The van der Waals surface area contributed by atoms with Gasteiger partial charge >= 0.3 is 0 Å². The van der Waals surface area contributed by atoms with Gasteiger partial charge in [0.05, 0.1) is 6.04 Å². The second kappa shape index (κ2) is 5.74. The SMILES string of the molecule is O=C(Cc1c(F)cccc1F)C1NCCc2ccccc21. The molecule has 108 valence electrons. The summed E-state index contributed by atoms with van der Waals surface area (Å²) >= 11 is 0. The standard InChI is InChI=1S/C17H15F2NO/c18-14-6-3-7-15(19)13(14)10-16(21)17-12-5-2-1-4-11(12)8-9-20-17/h1-7,17,20H,8-10H2. The molecule has 0 amide bonds. The Morgan fingerprint density at radius 2 is 1.81 bits per heavy atom. The summed E-state index contributed by atoms with van der Waals surface area (Å²) in [6.07, 6.45) is 0.610. The summed E-state index contributed by atoms with van der Waals surface area (Å²) in [5.74, 6) is -1.56. The predicted octanol–water partition coefficient (Wildman–Crippen LogP) is 2.96. The topological polar surface area (TPSA) is 29.1 Å². The molecule has 0 bridgehead atoms. The van der Waals surface area contributed by atoms with Gasteiger partial charge in [-0.05, 0) is 29.7 Å². The maximum Gasteiger partial charge on any atom is 0.158 e. The molecule has 1 unspecified atom stereocenters. The highest BCUT2D eigenvalue weighted by Gasteiger charge is 2.27. The molecule has 0 aliphatic carbocycles. The summed E-state index contributed by atoms with van der Waals surface area (Å²) in [5, 5.41) is 3.14. The Morgan fingerprint density at radius 1 is 1.10 bits per heavy atom. The third kappa shape index (κ3) is 2.72. The van der Waals surface area contributed by atoms with Crippen molar-refractivity contribution < 1.29 is 13.6 Å². The molecule has 0 fully saturated rings. The first-order valence-electron chi connectivity index (χ1n) is 6.93. The average Bonchev–Trinajstić information content (AvgIpc) is 2.50. The Labute approximate surface area is 121 Å². The number of carbonyl (C=O) groups excluding carboxylic acids is 1. The quantitative estimate of drug-likeness (QED) is 0.940. The highest BCUT2D eigenvalue weighted by Crippen LogP contribution is 2.25. The van der Waals surface area contributed by atoms with Crippen molar-refractivity contribution in [3.05, 3.63) is 70.8 Å². The number of fused-ring (bicyclic) bond motifs is 1. The van der Waals surface area contributed by atoms with Crippen LogP contribution in [0.4, 0.5) is 8.78 Å². The van der Waals surface area contributed by atoms with E-state index in [1.165, 1.54) is 18.2 Å². The van der Waals surface area contributed by atoms with Crippen molar-refractivity contribution in [3.63, 3.8) is 0 Å². The van der Waals surface area contributed by atoms with Crippen molar-refractivity contribution in [1.82, 2.24) is 5.32 Å². The maximum absolute atomic E-state index is 13.7. The molecule has 0 saturated carbocycles. The van der Waals surface area contributed by atoms with Gasteiger partial charge in [0.25, 0.3) is 0 Å². The van der Waals surface area contributed by atoms with E-state index >= 15 is 0 Å². The molecule has 0 spiro atoms. The van der Waals surface area contributed by atoms with Gasteiger partial charge < -0.3 is 5.32 Å². The van der Waals surface area contributed by atoms with Crippen LogP contribution in [0.5, 0.6) is 0 Å². The number of ketones is 1. The second-order valence-electron chi connectivity index (χ2n) is 5.18. The van der Waals surface area contributed by atoms with Crippen LogP contribution in [0.1, 0.15) is 22.7 Å². The molecule has 1 aliphatic heterocycles. The van der Waals surface area contributed by atoms with E-state index in [-0.39, 0.29) is 17.8 Å². The fraction of sp³-hybridized carbons (Fsp3) is 0.235. The van der Waals surface area contributed by atoms with Crippen LogP contribution >= 0.6 is 0 Å². The van der Waals surface area contributed by atoms with E-state index in [1.807, 2.05) is 24.3 Å². The van der Waals surface area contributed by atoms with E-state index in [9.17, 15) is 13.6 Å². The lowest BCUT2D eigenvalue weighted by Gasteiger charge is -2.26. The minimum Gasteiger partial charge on any atom is -0.303 e. The molecule has 1 N–H and O–H groups in total. The summed E-state index contributed by atoms with van der Waals surface area (Å²) < 4.78 is 27.3. The fourth-order valence-corrected chi connectivity index (χ4v) is 2.77. The third-order valence-corrected chi connectivity index (χ3v) is 3.84. The van der Waals surface area contributed by atoms with Crippen LogP contribution in [0.2, 0.25) is 0 Å². The van der Waals surface area contributed by atoms with Crippen LogP contribution in [-0.2, 0) is 17.6 Å². The number of rotatable bonds is 3. The Kier molecular flexibility index (Phi) is 3.80. The van der Waals surface area contributed by atoms with Gasteiger partial charge in [0.2, 0.25) is 0 Å². The maximum atomic E-state index is 13.7. The first kappa shape index (κ1) is 13.9. The van der Waals surface area contributed by atoms with Gasteiger partial charge in [-0.25, -0.2) is 8.78 Å². The van der Waals surface area contributed by atoms with E-state index in [2.05, 4.69) is 5.32 Å². The van der Waals surface area contributed by atoms with Gasteiger partial charge in [0.1, 0.15) is 11.6 Å². The summed E-state index contributed by atoms with van der Waals surface area (Å²) in [6.45, 7) is 0.688. The molecule has 2 nitrogen and oxygen atoms in total. The van der Waals surface area contributed by atoms with Crippen LogP contribution in [0, 0.1) is 11.6 Å². The fourth-order valence-electron chi connectivity index (χ4n) is 2.77. The van der Waals surface area contributed by atoms with Crippen LogP contribution in [0.3, 0.4) is 0 Å². The molecule has 1 atom stereocenters. The van der Waals surface area contributed by atoms with Crippen LogP contribution in [0.15, 0.2) is 42.5 Å². The first-order chi connectivity index (χ1) is 10.2. The molecule has 21 heavy (non-hydrogen) atoms. The van der Waals surface area contributed by atoms with Gasteiger partial charge in [0, 0.05) is 18.5 Å². The third-order valence-electron chi connectivity index (χ3n) is 3.84. The molecule has 0 radical (unpaired) electrons. The van der Waals surface area contributed by atoms with Crippen molar-refractivity contribution in [1.29, 1.82) is 0 Å². The number of halogens is 2. The lowest BCUT2D eigenvalue weighted by atomic mass is 9.89. The van der Waals surface area contributed by atoms with E-state index in [0.29, 0.717) is 6.54 Å². The number of nitrogens with one attached hydrogen (secondary N) is 1. The summed E-state index contributed by atoms with van der Waals surface area (Å²) in [7, 11) is 0. The van der Waals surface area contributed by atoms with Crippen molar-refractivity contribution in [2.24, 2.45) is 0 Å². The molecular formula is C17H15F2NO. The molecule has 1 aliphatic rings. The summed E-state index contributed by atoms with van der Waals surface area (Å²) in [4.78, 5) is 12.4. The summed E-state index contributed by atoms with van der Waals surface area (Å²) in [5.41, 5.74) is 1.86. The zero-order valence-electron chi connectivity index (χ0n) is 11.4. The Hall–Kier alpha value is -2.07. The minimum absolute atomic E-state index is 0.160. The molecule has 4 heteroatoms. The van der Waals surface area contributed by atoms with Gasteiger partial charge in [-0.3, -0.25) is 4.79 Å². The molecule has 2 aromatic carbocycles. The molecule has 1 heterocycles. The molecular weight excluding hydrogens is 272 g/mol. The van der Waals surface area contributed by atoms with Crippen LogP contribution < -0.4 is 5.32 Å². The highest BCUT2D eigenvalue weighted by atomic mass is 19.1. The van der Waals surface area contributed by atoms with Crippen molar-refractivity contribution >= 4 is 5.78 Å². The van der Waals surface area contributed by atoms with Crippen LogP contribution in [0.25, 0.3) is 0 Å². The number of hydrogen-bond donors (Lipinski definition) is 1. The first-order valence-corrected chi connectivity index (χ1v) is 6.93. The second-order valence-corrected chi connectivity index (χ2v) is 5.18. The van der Waals surface area contributed by atoms with E-state index < -0.39 is 17.7 Å². The zero-order valence-corrected chi connectivity index (χ0v) is 11.4. The molecule has 0 saturated heterocycles. The van der Waals surface area contributed by atoms with E-state index in [4.69, 9.17) is 0 Å². The number of benzene rings is 2. The molecule has 2 aromatic rings. The Morgan fingerprint density at radius 3 is 2.57 bits per heavy atom. The van der Waals surface area contributed by atoms with Gasteiger partial charge in [-0.15, -0.1) is 0 Å². The minimum atomic E-state index is -0.674. The highest BCUT2D eigenvalue weighted by molar-refractivity contribution is 5.88. The largest absolute Gasteiger partial charge is 0.303 e. The lowest BCUT2D eigenvalue weighted by Crippen LogP contribution is -2.36. The Bertz CT molecular complexity index is 664. The van der Waals surface area contributed by atoms with Gasteiger partial charge in [-0.1, -0.05) is 30.3 Å². The number of carbonyl (C=O) groups is 1. The number of Topliss-reactive ketones (excluding diaryl/α,β-unsaturated/α-hetero) is 1. The van der Waals surface area contributed by atoms with Crippen molar-refractivity contribution in [2.75, 3.05) is 6.54 Å². The Balaban J connectivity index is 1.87. The van der Waals surface area contributed by atoms with Crippen molar-refractivity contribution in [2.45, 2.75) is 18.9 Å². The van der Waals surface area contributed by atoms with Gasteiger partial charge in [-0.2, -0.15) is 0 Å². The molecule has 3 rings (SSSR count). The lowest BCUT2D eigenvalue weighted by molar-refractivity contribution is -0.120. The van der Waals surface area contributed by atoms with Gasteiger partial charge in [0.15, 0.2) is 5.78 Å². The van der Waals surface area contributed by atoms with Crippen LogP contribution in [-0.4, -0.2) is 12.3 Å². The zero-order chi connectivity index (χ0) is 14.8. The normalized spacial score (nSPS) is 17.3. The van der Waals surface area contributed by atoms with E-state index in [0.717, 1.165) is 17.5 Å². The molecule has 0 aromatic heterocycles. The smallest absolute Gasteiger partial charge is 0.158 e. The summed E-state index contributed by atoms with van der Waals surface area (Å²) in [6, 6.07) is 10.8. The predicted molar refractivity (Wildman–Crippen MR) is 76.0 cm³/mol.